The number of urea groups is 3. The summed E-state index contributed by atoms with van der Waals surface area (Å²) in [4.78, 5) is 49.4. The van der Waals surface area contributed by atoms with Gasteiger partial charge in [-0.15, -0.1) is 4.31 Å². The SMILES string of the molecule is CCN(CCOCCOCCNC(=O)NCCCN(CCCNC(=O)NCCOCCOCCN(CC)[S+]([O-])c1cccc([C@@H]2CN(C)Cc3c(Cl)cc(Cl)cc32)c1)CCCNC(=O)NCCOCCOCCN(CC)S(=O)(=O)c1cccc([C@@H]2CN(C)Cc3c(Cl)cc(Cl)cc32)c1)Sc1cccc([C@@H]2CN(C)Cc3c(Cl)cc(Cl)cc32)c1. The monoisotopic (exact) mass is 1810 g/mol. The van der Waals surface area contributed by atoms with Crippen LogP contribution in [0.2, 0.25) is 30.1 Å². The van der Waals surface area contributed by atoms with Crippen molar-refractivity contribution in [3.63, 3.8) is 0 Å². The molecule has 6 amide bonds. The van der Waals surface area contributed by atoms with Gasteiger partial charge in [0.2, 0.25) is 10.0 Å². The van der Waals surface area contributed by atoms with Gasteiger partial charge < -0.3 is 84.5 Å². The van der Waals surface area contributed by atoms with Crippen LogP contribution in [0.3, 0.4) is 0 Å². The molecule has 34 heteroatoms. The zero-order valence-electron chi connectivity index (χ0n) is 68.6. The normalized spacial score (nSPS) is 16.1. The van der Waals surface area contributed by atoms with Gasteiger partial charge in [-0.05, 0) is 202 Å². The summed E-state index contributed by atoms with van der Waals surface area (Å²) in [6.45, 7) is 21.4. The van der Waals surface area contributed by atoms with Gasteiger partial charge in [0.25, 0.3) is 0 Å². The Morgan fingerprint density at radius 3 is 1.25 bits per heavy atom. The second kappa shape index (κ2) is 51.3. The van der Waals surface area contributed by atoms with Crippen LogP contribution in [0.15, 0.2) is 124 Å². The molecule has 6 N–H and O–H groups in total. The van der Waals surface area contributed by atoms with Crippen LogP contribution in [0, 0.1) is 0 Å². The predicted octanol–water partition coefficient (Wildman–Crippen LogP) is 12.9. The van der Waals surface area contributed by atoms with Gasteiger partial charge in [-0.3, -0.25) is 0 Å². The van der Waals surface area contributed by atoms with Crippen LogP contribution in [-0.4, -0.2) is 282 Å². The lowest BCUT2D eigenvalue weighted by Crippen LogP contribution is -2.41. The number of nitrogens with zero attached hydrogens (tertiary/aromatic N) is 7. The Morgan fingerprint density at radius 2 is 0.831 bits per heavy atom. The van der Waals surface area contributed by atoms with Crippen LogP contribution in [0.4, 0.5) is 14.4 Å². The molecule has 0 radical (unpaired) electrons. The van der Waals surface area contributed by atoms with Crippen LogP contribution in [-0.2, 0) is 69.4 Å². The minimum Gasteiger partial charge on any atom is -0.593 e. The van der Waals surface area contributed by atoms with Crippen molar-refractivity contribution in [1.82, 2.24) is 64.4 Å². The Hall–Kier alpha value is -5.04. The third kappa shape index (κ3) is 31.0. The molecule has 0 saturated heterocycles. The number of carbonyl (C=O) groups excluding carboxylic acids is 3. The maximum atomic E-state index is 13.9. The fourth-order valence-corrected chi connectivity index (χ4v) is 20.0. The Labute approximate surface area is 735 Å². The van der Waals surface area contributed by atoms with Crippen molar-refractivity contribution in [1.29, 1.82) is 0 Å². The average Bonchev–Trinajstić information content (AvgIpc) is 0.622. The van der Waals surface area contributed by atoms with Crippen molar-refractivity contribution in [2.45, 2.75) is 92.1 Å². The molecule has 3 heterocycles. The third-order valence-electron chi connectivity index (χ3n) is 20.6. The summed E-state index contributed by atoms with van der Waals surface area (Å²) in [5.41, 5.74) is 9.59. The van der Waals surface area contributed by atoms with Gasteiger partial charge in [0.15, 0.2) is 4.90 Å². The first-order chi connectivity index (χ1) is 57.0. The number of halogens is 6. The molecule has 118 heavy (non-hydrogen) atoms. The van der Waals surface area contributed by atoms with Crippen LogP contribution < -0.4 is 31.9 Å². The van der Waals surface area contributed by atoms with Crippen molar-refractivity contribution in [2.75, 3.05) is 218 Å². The predicted molar refractivity (Wildman–Crippen MR) is 474 cm³/mol. The molecule has 3 aliphatic heterocycles. The Balaban J connectivity index is 0.626. The van der Waals surface area contributed by atoms with E-state index in [4.69, 9.17) is 98.0 Å². The molecule has 25 nitrogen and oxygen atoms in total. The maximum absolute atomic E-state index is 13.9. The molecule has 0 aromatic heterocycles. The Bertz CT molecular complexity index is 4260. The van der Waals surface area contributed by atoms with E-state index < -0.39 is 21.4 Å². The minimum atomic E-state index is -3.84. The van der Waals surface area contributed by atoms with Gasteiger partial charge in [-0.1, -0.05) is 120 Å². The van der Waals surface area contributed by atoms with E-state index in [0.29, 0.717) is 179 Å². The summed E-state index contributed by atoms with van der Waals surface area (Å²) in [5, 5.41) is 21.1. The van der Waals surface area contributed by atoms with Gasteiger partial charge in [-0.2, -0.15) is 4.31 Å². The number of benzene rings is 6. The van der Waals surface area contributed by atoms with E-state index in [-0.39, 0.29) is 93.4 Å². The first-order valence-electron chi connectivity index (χ1n) is 40.6. The van der Waals surface area contributed by atoms with Gasteiger partial charge in [-0.25, -0.2) is 27.1 Å². The minimum absolute atomic E-state index is 0.0282. The molecule has 6 aromatic rings. The number of carbonyl (C=O) groups is 3. The lowest BCUT2D eigenvalue weighted by Gasteiger charge is -2.33. The lowest BCUT2D eigenvalue weighted by molar-refractivity contribution is 0.0463. The number of amides is 6. The van der Waals surface area contributed by atoms with E-state index in [1.807, 2.05) is 60.7 Å². The van der Waals surface area contributed by atoms with Crippen molar-refractivity contribution >= 4 is 121 Å². The standard InChI is InChI=1S/C84H117Cl6N13O12S3/c1-7-101(116-67-19-10-16-61(46-67)73-55-97(4)58-76-70(73)49-64(85)52-79(76)88)31-37-113-43-40-110-34-25-94-82(104)91-22-13-28-100(29-14-23-92-83(105)95-26-35-111-41-44-114-38-32-102(8-2)117(107)68-20-11-17-62(47-68)74-56-98(5)59-77-71(74)50-65(86)53-80(77)89)30-15-24-93-84(106)96-27-36-112-42-45-115-39-33-103(9-3)118(108,109)69-21-12-18-63(48-69)75-57-99(6)60-78-72(75)51-66(87)54-81(78)90/h10-12,16-21,46-54,73-75H,7-9,13-15,22-45,55-60H2,1-6H3,(H2,91,94,104)(H2,92,95,105)(H2,93,96,106)/t73-,74-,75-,117?/m0/s1. The zero-order chi connectivity index (χ0) is 84.4. The van der Waals surface area contributed by atoms with Crippen LogP contribution in [0.5, 0.6) is 0 Å². The van der Waals surface area contributed by atoms with E-state index >= 15 is 0 Å². The summed E-state index contributed by atoms with van der Waals surface area (Å²) in [5.74, 6) is 0.0726. The van der Waals surface area contributed by atoms with Crippen LogP contribution in [0.1, 0.15) is 108 Å². The summed E-state index contributed by atoms with van der Waals surface area (Å²) in [7, 11) is 2.36. The topological polar surface area (TPSA) is 259 Å². The second-order valence-electron chi connectivity index (χ2n) is 29.3. The second-order valence-corrected chi connectivity index (χ2v) is 36.5. The van der Waals surface area contributed by atoms with Crippen molar-refractivity contribution in [3.8, 4) is 0 Å². The highest BCUT2D eigenvalue weighted by Gasteiger charge is 2.33. The summed E-state index contributed by atoms with van der Waals surface area (Å²) >= 11 is 39.6. The number of hydrogen-bond acceptors (Lipinski definition) is 19. The van der Waals surface area contributed by atoms with Gasteiger partial charge >= 0.3 is 18.1 Å². The van der Waals surface area contributed by atoms with Crippen molar-refractivity contribution in [3.05, 3.63) is 189 Å². The molecule has 650 valence electrons. The highest BCUT2D eigenvalue weighted by atomic mass is 35.5. The van der Waals surface area contributed by atoms with E-state index in [1.165, 1.54) is 15.4 Å². The van der Waals surface area contributed by atoms with Crippen LogP contribution in [0.25, 0.3) is 0 Å². The van der Waals surface area contributed by atoms with Gasteiger partial charge in [0.1, 0.15) is 0 Å². The highest BCUT2D eigenvalue weighted by molar-refractivity contribution is 7.97. The molecule has 9 rings (SSSR count). The molecule has 0 bridgehead atoms. The molecule has 1 unspecified atom stereocenters. The number of ether oxygens (including phenoxy) is 6. The molecule has 0 spiro atoms. The molecule has 6 aromatic carbocycles. The molecule has 0 fully saturated rings. The van der Waals surface area contributed by atoms with Crippen molar-refractivity contribution in [2.24, 2.45) is 0 Å². The van der Waals surface area contributed by atoms with Crippen molar-refractivity contribution < 1.29 is 55.8 Å². The highest BCUT2D eigenvalue weighted by Crippen LogP contribution is 2.43. The number of hydrogen-bond donors (Lipinski definition) is 6. The molecule has 0 aliphatic carbocycles. The average molecular weight is 1810 g/mol. The third-order valence-corrected chi connectivity index (χ3v) is 27.0. The first-order valence-corrected chi connectivity index (χ1v) is 46.2. The van der Waals surface area contributed by atoms with E-state index in [1.54, 1.807) is 49.2 Å². The Morgan fingerprint density at radius 1 is 0.449 bits per heavy atom. The smallest absolute Gasteiger partial charge is 0.314 e. The van der Waals surface area contributed by atoms with Crippen LogP contribution >= 0.6 is 81.6 Å². The van der Waals surface area contributed by atoms with E-state index in [2.05, 4.69) is 113 Å². The number of fused-ring (bicyclic) bond motifs is 3. The Kier molecular flexibility index (Phi) is 42.1. The molecule has 0 saturated carbocycles. The lowest BCUT2D eigenvalue weighted by atomic mass is 9.85. The fourth-order valence-electron chi connectivity index (χ4n) is 14.6. The number of likely N-dealkylation sites (N-methyl/N-ethyl adjacent to an activating group) is 6. The molecular weight excluding hydrogens is 1690 g/mol. The molecular formula is C84H117Cl6N13O12S3. The fraction of sp³-hybridized carbons (Fsp3) is 0.536. The summed E-state index contributed by atoms with van der Waals surface area (Å²) in [6, 6.07) is 34.1. The summed E-state index contributed by atoms with van der Waals surface area (Å²) in [6.07, 6.45) is 1.95. The van der Waals surface area contributed by atoms with Gasteiger partial charge in [0.05, 0.1) is 102 Å². The molecule has 3 aliphatic rings. The molecule has 4 atom stereocenters. The van der Waals surface area contributed by atoms with Gasteiger partial charge in [0, 0.05) is 164 Å². The van der Waals surface area contributed by atoms with E-state index in [9.17, 15) is 27.4 Å². The number of rotatable bonds is 51. The first kappa shape index (κ1) is 96.8. The number of sulfonamides is 1. The quantitative estimate of drug-likeness (QED) is 0.0118. The number of nitrogens with one attached hydrogen (secondary N) is 6. The van der Waals surface area contributed by atoms with E-state index in [0.717, 1.165) is 83.1 Å². The largest absolute Gasteiger partial charge is 0.593 e. The summed E-state index contributed by atoms with van der Waals surface area (Å²) < 4.78 is 82.1. The maximum Gasteiger partial charge on any atom is 0.314 e. The zero-order valence-corrected chi connectivity index (χ0v) is 75.6.